The summed E-state index contributed by atoms with van der Waals surface area (Å²) in [6.45, 7) is 11.3. The number of pyridine rings is 1. The van der Waals surface area contributed by atoms with Gasteiger partial charge in [0, 0.05) is 29.3 Å². The van der Waals surface area contributed by atoms with Crippen molar-refractivity contribution in [3.63, 3.8) is 0 Å². The number of carbonyl (C=O) groups is 1. The fraction of sp³-hybridized carbons (Fsp3) is 0.571. The minimum atomic E-state index is -0.862. The zero-order valence-electron chi connectivity index (χ0n) is 21.7. The first-order valence-corrected chi connectivity index (χ1v) is 13.0. The van der Waals surface area contributed by atoms with Gasteiger partial charge in [0.2, 0.25) is 0 Å². The van der Waals surface area contributed by atoms with Gasteiger partial charge in [0.25, 0.3) is 5.56 Å². The van der Waals surface area contributed by atoms with Crippen LogP contribution in [0.15, 0.2) is 35.3 Å². The van der Waals surface area contributed by atoms with E-state index in [0.717, 1.165) is 28.7 Å². The van der Waals surface area contributed by atoms with Gasteiger partial charge in [-0.05, 0) is 61.9 Å². The highest BCUT2D eigenvalue weighted by Crippen LogP contribution is 2.34. The second kappa shape index (κ2) is 11.1. The maximum atomic E-state index is 13.5. The van der Waals surface area contributed by atoms with E-state index < -0.39 is 17.6 Å². The van der Waals surface area contributed by atoms with Gasteiger partial charge in [-0.25, -0.2) is 4.79 Å². The Kier molecular flexibility index (Phi) is 8.25. The monoisotopic (exact) mass is 517 g/mol. The number of ether oxygens (including phenoxy) is 4. The molecule has 0 amide bonds. The minimum absolute atomic E-state index is 0.00731. The molecule has 2 aliphatic heterocycles. The predicted molar refractivity (Wildman–Crippen MR) is 138 cm³/mol. The lowest BCUT2D eigenvalue weighted by Gasteiger charge is -2.31. The van der Waals surface area contributed by atoms with E-state index in [2.05, 4.69) is 13.8 Å². The second-order valence-corrected chi connectivity index (χ2v) is 11.3. The molecule has 1 saturated heterocycles. The Bertz CT molecular complexity index is 1150. The first-order chi connectivity index (χ1) is 17.0. The van der Waals surface area contributed by atoms with Crippen LogP contribution in [0.1, 0.15) is 58.2 Å². The number of nitrogens with zero attached hydrogens (tertiary/aromatic N) is 1. The normalized spacial score (nSPS) is 21.2. The van der Waals surface area contributed by atoms with Crippen LogP contribution in [0.25, 0.3) is 11.1 Å². The number of hydrogen-bond acceptors (Lipinski definition) is 6. The highest BCUT2D eigenvalue weighted by Gasteiger charge is 2.32. The minimum Gasteiger partial charge on any atom is -0.458 e. The van der Waals surface area contributed by atoms with Crippen LogP contribution in [0.5, 0.6) is 0 Å². The molecule has 4 rings (SSSR count). The Morgan fingerprint density at radius 3 is 2.56 bits per heavy atom. The lowest BCUT2D eigenvalue weighted by Crippen LogP contribution is -2.39. The van der Waals surface area contributed by atoms with Gasteiger partial charge < -0.3 is 23.5 Å². The topological polar surface area (TPSA) is 76.0 Å². The van der Waals surface area contributed by atoms with E-state index in [-0.39, 0.29) is 24.2 Å². The van der Waals surface area contributed by atoms with Crippen LogP contribution in [-0.4, -0.2) is 48.2 Å². The summed E-state index contributed by atoms with van der Waals surface area (Å²) in [5, 5.41) is 0.604. The lowest BCUT2D eigenvalue weighted by atomic mass is 9.89. The molecule has 0 spiro atoms. The van der Waals surface area contributed by atoms with Gasteiger partial charge in [-0.1, -0.05) is 31.5 Å². The average Bonchev–Trinajstić information content (AvgIpc) is 2.80. The van der Waals surface area contributed by atoms with Crippen LogP contribution >= 0.6 is 11.6 Å². The number of esters is 1. The fourth-order valence-electron chi connectivity index (χ4n) is 4.69. The number of hydrogen-bond donors (Lipinski definition) is 0. The maximum absolute atomic E-state index is 13.5. The van der Waals surface area contributed by atoms with Crippen molar-refractivity contribution in [3.8, 4) is 11.1 Å². The molecule has 0 aliphatic carbocycles. The number of halogens is 1. The molecule has 2 aliphatic rings. The largest absolute Gasteiger partial charge is 0.458 e. The number of benzene rings is 1. The van der Waals surface area contributed by atoms with E-state index in [9.17, 15) is 9.59 Å². The molecule has 0 bridgehead atoms. The van der Waals surface area contributed by atoms with Gasteiger partial charge in [-0.2, -0.15) is 0 Å². The molecule has 0 N–H and O–H groups in total. The van der Waals surface area contributed by atoms with Crippen molar-refractivity contribution in [2.75, 3.05) is 19.8 Å². The Balaban J connectivity index is 1.79. The number of fused-ring (bicyclic) bond motifs is 3. The highest BCUT2D eigenvalue weighted by atomic mass is 35.5. The summed E-state index contributed by atoms with van der Waals surface area (Å²) in [5.41, 5.74) is 2.60. The molecule has 2 unspecified atom stereocenters. The number of aromatic nitrogens is 1. The molecule has 196 valence electrons. The molecule has 3 atom stereocenters. The molecule has 8 heteroatoms. The summed E-state index contributed by atoms with van der Waals surface area (Å²) in [7, 11) is 0. The van der Waals surface area contributed by atoms with E-state index in [1.165, 1.54) is 4.57 Å². The van der Waals surface area contributed by atoms with E-state index in [0.29, 0.717) is 37.4 Å². The third-order valence-corrected chi connectivity index (χ3v) is 6.76. The SMILES string of the molecule is CC(C)C1Cc2ccc(Cl)cc2-c2cc(=O)n(C(C[C@@H]3COCCO3)C(=O)OC(C)(C)C)cc2CO1. The van der Waals surface area contributed by atoms with Gasteiger partial charge in [0.1, 0.15) is 11.6 Å². The summed E-state index contributed by atoms with van der Waals surface area (Å²) >= 11 is 6.37. The molecule has 1 fully saturated rings. The number of rotatable bonds is 5. The van der Waals surface area contributed by atoms with Crippen LogP contribution < -0.4 is 5.56 Å². The first kappa shape index (κ1) is 26.9. The van der Waals surface area contributed by atoms with E-state index in [1.807, 2.05) is 39.0 Å². The summed E-state index contributed by atoms with van der Waals surface area (Å²) in [5.74, 6) is -0.173. The second-order valence-electron chi connectivity index (χ2n) is 10.9. The summed E-state index contributed by atoms with van der Waals surface area (Å²) in [6.07, 6.45) is 2.43. The van der Waals surface area contributed by atoms with Gasteiger partial charge >= 0.3 is 5.97 Å². The van der Waals surface area contributed by atoms with Gasteiger partial charge in [-0.15, -0.1) is 0 Å². The predicted octanol–water partition coefficient (Wildman–Crippen LogP) is 4.95. The van der Waals surface area contributed by atoms with Gasteiger partial charge in [0.05, 0.1) is 38.6 Å². The molecular weight excluding hydrogens is 482 g/mol. The van der Waals surface area contributed by atoms with Crippen LogP contribution in [0.4, 0.5) is 0 Å². The van der Waals surface area contributed by atoms with Crippen molar-refractivity contribution < 1.29 is 23.7 Å². The van der Waals surface area contributed by atoms with Gasteiger partial charge in [-0.3, -0.25) is 4.79 Å². The molecule has 0 saturated carbocycles. The van der Waals surface area contributed by atoms with E-state index in [4.69, 9.17) is 30.5 Å². The Labute approximate surface area is 217 Å². The standard InChI is InChI=1S/C28H36ClNO6/c1-17(2)25-10-18-6-7-20(29)11-22(18)23-13-26(31)30(14-19(23)15-35-25)24(27(32)36-28(3,4)5)12-21-16-33-8-9-34-21/h6-7,11,13-14,17,21,24-25H,8-10,12,15-16H2,1-5H3/t21-,24?,25?/m1/s1. The quantitative estimate of drug-likeness (QED) is 0.522. The van der Waals surface area contributed by atoms with Crippen LogP contribution in [0.3, 0.4) is 0 Å². The molecule has 36 heavy (non-hydrogen) atoms. The van der Waals surface area contributed by atoms with Crippen molar-refractivity contribution in [1.82, 2.24) is 4.57 Å². The molecule has 1 aromatic heterocycles. The van der Waals surface area contributed by atoms with Gasteiger partial charge in [0.15, 0.2) is 0 Å². The van der Waals surface area contributed by atoms with Crippen molar-refractivity contribution in [2.24, 2.45) is 5.92 Å². The summed E-state index contributed by atoms with van der Waals surface area (Å²) in [6, 6.07) is 6.49. The van der Waals surface area contributed by atoms with Crippen LogP contribution in [0.2, 0.25) is 5.02 Å². The summed E-state index contributed by atoms with van der Waals surface area (Å²) < 4.78 is 24.8. The molecule has 1 aromatic carbocycles. The molecule has 7 nitrogen and oxygen atoms in total. The lowest BCUT2D eigenvalue weighted by molar-refractivity contribution is -0.162. The van der Waals surface area contributed by atoms with Crippen molar-refractivity contribution in [1.29, 1.82) is 0 Å². The van der Waals surface area contributed by atoms with E-state index in [1.54, 1.807) is 12.3 Å². The van der Waals surface area contributed by atoms with Crippen molar-refractivity contribution in [2.45, 2.75) is 77.9 Å². The highest BCUT2D eigenvalue weighted by molar-refractivity contribution is 6.30. The third kappa shape index (κ3) is 6.38. The van der Waals surface area contributed by atoms with E-state index >= 15 is 0 Å². The molecular formula is C28H36ClNO6. The van der Waals surface area contributed by atoms with Crippen LogP contribution in [0, 0.1) is 5.92 Å². The average molecular weight is 518 g/mol. The third-order valence-electron chi connectivity index (χ3n) is 6.53. The Morgan fingerprint density at radius 1 is 1.14 bits per heavy atom. The zero-order valence-corrected chi connectivity index (χ0v) is 22.5. The first-order valence-electron chi connectivity index (χ1n) is 12.6. The zero-order chi connectivity index (χ0) is 26.0. The molecule has 0 radical (unpaired) electrons. The van der Waals surface area contributed by atoms with Crippen molar-refractivity contribution >= 4 is 17.6 Å². The Hall–Kier alpha value is -2.19. The summed E-state index contributed by atoms with van der Waals surface area (Å²) in [4.78, 5) is 26.9. The van der Waals surface area contributed by atoms with Crippen LogP contribution in [-0.2, 0) is 36.8 Å². The number of carbonyl (C=O) groups excluding carboxylic acids is 1. The Morgan fingerprint density at radius 2 is 1.89 bits per heavy atom. The van der Waals surface area contributed by atoms with Crippen molar-refractivity contribution in [3.05, 3.63) is 57.0 Å². The smallest absolute Gasteiger partial charge is 0.329 e. The fourth-order valence-corrected chi connectivity index (χ4v) is 4.87. The molecule has 2 aromatic rings. The molecule has 3 heterocycles. The maximum Gasteiger partial charge on any atom is 0.329 e.